The van der Waals surface area contributed by atoms with Crippen LogP contribution >= 0.6 is 0 Å². The smallest absolute Gasteiger partial charge is 0.0540 e. The minimum absolute atomic E-state index is 0.269. The number of hydrogen-bond acceptors (Lipinski definition) is 2. The summed E-state index contributed by atoms with van der Waals surface area (Å²) in [5.74, 6) is 0. The van der Waals surface area contributed by atoms with Gasteiger partial charge in [0, 0.05) is 39.2 Å². The Bertz CT molecular complexity index is 3450. The molecule has 328 valence electrons. The first-order chi connectivity index (χ1) is 34.0. The first-order valence-electron chi connectivity index (χ1n) is 23.9. The molecule has 0 unspecified atom stereocenters. The zero-order valence-electron chi connectivity index (χ0n) is 38.8. The summed E-state index contributed by atoms with van der Waals surface area (Å²) in [4.78, 5) is 4.82. The third kappa shape index (κ3) is 7.76. The van der Waals surface area contributed by atoms with Gasteiger partial charge in [-0.05, 0) is 139 Å². The summed E-state index contributed by atoms with van der Waals surface area (Å²) in [7, 11) is 0. The molecule has 1 aliphatic rings. The van der Waals surface area contributed by atoms with Crippen molar-refractivity contribution in [1.82, 2.24) is 0 Å². The molecule has 2 heteroatoms. The Balaban J connectivity index is 0.916. The molecule has 0 bridgehead atoms. The van der Waals surface area contributed by atoms with Gasteiger partial charge in [-0.3, -0.25) is 0 Å². The normalized spacial score (nSPS) is 12.3. The van der Waals surface area contributed by atoms with Gasteiger partial charge in [0.1, 0.15) is 0 Å². The van der Waals surface area contributed by atoms with E-state index in [0.717, 1.165) is 34.1 Å². The van der Waals surface area contributed by atoms with E-state index in [1.165, 1.54) is 77.5 Å². The molecule has 0 saturated heterocycles. The number of benzene rings is 11. The second-order valence-electron chi connectivity index (χ2n) is 18.6. The van der Waals surface area contributed by atoms with E-state index in [1.807, 2.05) is 0 Å². The van der Waals surface area contributed by atoms with Crippen LogP contribution in [-0.4, -0.2) is 0 Å². The first kappa shape index (κ1) is 41.7. The number of fused-ring (bicyclic) bond motifs is 4. The van der Waals surface area contributed by atoms with Gasteiger partial charge in [-0.1, -0.05) is 214 Å². The summed E-state index contributed by atoms with van der Waals surface area (Å²) in [5, 5.41) is 2.45. The molecule has 2 nitrogen and oxygen atoms in total. The zero-order valence-corrected chi connectivity index (χ0v) is 38.8. The zero-order chi connectivity index (χ0) is 46.3. The molecular weight excluding hydrogens is 833 g/mol. The predicted octanol–water partition coefficient (Wildman–Crippen LogP) is 18.8. The lowest BCUT2D eigenvalue weighted by atomic mass is 9.82. The fraction of sp³-hybridized carbons (Fsp3) is 0.0448. The van der Waals surface area contributed by atoms with Crippen LogP contribution in [-0.2, 0) is 5.41 Å². The average molecular weight is 883 g/mol. The van der Waals surface area contributed by atoms with Gasteiger partial charge in [0.2, 0.25) is 0 Å². The molecule has 11 aromatic rings. The van der Waals surface area contributed by atoms with E-state index in [0.29, 0.717) is 0 Å². The largest absolute Gasteiger partial charge is 0.310 e. The minimum Gasteiger partial charge on any atom is -0.310 e. The molecule has 0 saturated carbocycles. The van der Waals surface area contributed by atoms with Crippen molar-refractivity contribution in [3.63, 3.8) is 0 Å². The third-order valence-corrected chi connectivity index (χ3v) is 14.1. The molecule has 69 heavy (non-hydrogen) atoms. The fourth-order valence-electron chi connectivity index (χ4n) is 10.4. The highest BCUT2D eigenvalue weighted by Gasteiger charge is 2.37. The lowest BCUT2D eigenvalue weighted by Crippen LogP contribution is -2.17. The molecule has 0 radical (unpaired) electrons. The van der Waals surface area contributed by atoms with Crippen LogP contribution in [0.15, 0.2) is 267 Å². The van der Waals surface area contributed by atoms with Crippen molar-refractivity contribution in [2.45, 2.75) is 19.3 Å². The van der Waals surface area contributed by atoms with Crippen LogP contribution in [0, 0.1) is 0 Å². The summed E-state index contributed by atoms with van der Waals surface area (Å²) in [6, 6.07) is 97.2. The average Bonchev–Trinajstić information content (AvgIpc) is 3.64. The summed E-state index contributed by atoms with van der Waals surface area (Å²) in [6.45, 7) is 4.77. The van der Waals surface area contributed by atoms with Crippen LogP contribution in [0.5, 0.6) is 0 Å². The van der Waals surface area contributed by atoms with E-state index >= 15 is 0 Å². The molecule has 0 aliphatic heterocycles. The van der Waals surface area contributed by atoms with Crippen molar-refractivity contribution in [3.8, 4) is 55.6 Å². The van der Waals surface area contributed by atoms with Crippen LogP contribution in [0.4, 0.5) is 34.1 Å². The molecule has 11 aromatic carbocycles. The molecule has 0 spiro atoms. The van der Waals surface area contributed by atoms with Crippen molar-refractivity contribution in [2.75, 3.05) is 9.80 Å². The van der Waals surface area contributed by atoms with Crippen molar-refractivity contribution < 1.29 is 0 Å². The van der Waals surface area contributed by atoms with Crippen LogP contribution in [0.3, 0.4) is 0 Å². The van der Waals surface area contributed by atoms with E-state index < -0.39 is 0 Å². The highest BCUT2D eigenvalue weighted by atomic mass is 15.1. The fourth-order valence-corrected chi connectivity index (χ4v) is 10.4. The van der Waals surface area contributed by atoms with Gasteiger partial charge in [0.05, 0.1) is 5.69 Å². The highest BCUT2D eigenvalue weighted by molar-refractivity contribution is 5.99. The standard InChI is InChI=1S/C67H50N2/c1-67(2)64-45-59(41-43-62(64)63-44-42-60(46-65(63)67)69(56-21-10-5-11-22-56)66-24-14-20-55-19-12-13-23-61(55)66)68(57-37-33-53(34-38-57)51-29-25-49(26-30-51)47-15-6-3-7-16-47)58-39-35-54(36-40-58)52-31-27-50(28-32-52)48-17-8-4-9-18-48/h3-46H,1-2H3. The van der Waals surface area contributed by atoms with Gasteiger partial charge in [0.25, 0.3) is 0 Å². The van der Waals surface area contributed by atoms with E-state index in [4.69, 9.17) is 0 Å². The van der Waals surface area contributed by atoms with Crippen LogP contribution in [0.1, 0.15) is 25.0 Å². The SMILES string of the molecule is CC1(C)c2cc(N(c3ccc(-c4ccc(-c5ccccc5)cc4)cc3)c3ccc(-c4ccc(-c5ccccc5)cc4)cc3)ccc2-c2ccc(N(c3ccccc3)c3cccc4ccccc34)cc21. The quantitative estimate of drug-likeness (QED) is 0.135. The van der Waals surface area contributed by atoms with E-state index in [-0.39, 0.29) is 5.41 Å². The van der Waals surface area contributed by atoms with E-state index in [1.54, 1.807) is 0 Å². The molecule has 0 aromatic heterocycles. The maximum atomic E-state index is 2.43. The molecule has 1 aliphatic carbocycles. The maximum absolute atomic E-state index is 2.43. The van der Waals surface area contributed by atoms with E-state index in [9.17, 15) is 0 Å². The molecule has 0 heterocycles. The number of anilines is 6. The lowest BCUT2D eigenvalue weighted by Gasteiger charge is -2.29. The third-order valence-electron chi connectivity index (χ3n) is 14.1. The maximum Gasteiger partial charge on any atom is 0.0540 e. The Morgan fingerprint density at radius 2 is 0.594 bits per heavy atom. The monoisotopic (exact) mass is 882 g/mol. The second-order valence-corrected chi connectivity index (χ2v) is 18.6. The second kappa shape index (κ2) is 17.5. The minimum atomic E-state index is -0.269. The number of hydrogen-bond donors (Lipinski definition) is 0. The lowest BCUT2D eigenvalue weighted by molar-refractivity contribution is 0.660. The van der Waals surface area contributed by atoms with Gasteiger partial charge in [-0.15, -0.1) is 0 Å². The molecule has 0 N–H and O–H groups in total. The van der Waals surface area contributed by atoms with Gasteiger partial charge < -0.3 is 9.80 Å². The Hall–Kier alpha value is -8.72. The predicted molar refractivity (Wildman–Crippen MR) is 293 cm³/mol. The topological polar surface area (TPSA) is 6.48 Å². The molecule has 0 fully saturated rings. The van der Waals surface area contributed by atoms with Gasteiger partial charge in [0.15, 0.2) is 0 Å². The Labute approximate surface area is 405 Å². The van der Waals surface area contributed by atoms with Crippen molar-refractivity contribution in [3.05, 3.63) is 278 Å². The number of para-hydroxylation sites is 1. The molecule has 0 amide bonds. The molecule has 12 rings (SSSR count). The number of rotatable bonds is 10. The van der Waals surface area contributed by atoms with Gasteiger partial charge in [-0.2, -0.15) is 0 Å². The Morgan fingerprint density at radius 3 is 1.06 bits per heavy atom. The first-order valence-corrected chi connectivity index (χ1v) is 23.9. The van der Waals surface area contributed by atoms with Crippen LogP contribution in [0.25, 0.3) is 66.4 Å². The Morgan fingerprint density at radius 1 is 0.261 bits per heavy atom. The van der Waals surface area contributed by atoms with E-state index in [2.05, 4.69) is 291 Å². The summed E-state index contributed by atoms with van der Waals surface area (Å²) < 4.78 is 0. The molecular formula is C67H50N2. The summed E-state index contributed by atoms with van der Waals surface area (Å²) in [6.07, 6.45) is 0. The van der Waals surface area contributed by atoms with Crippen molar-refractivity contribution in [2.24, 2.45) is 0 Å². The van der Waals surface area contributed by atoms with Gasteiger partial charge in [-0.25, -0.2) is 0 Å². The van der Waals surface area contributed by atoms with Crippen LogP contribution < -0.4 is 9.80 Å². The molecule has 0 atom stereocenters. The van der Waals surface area contributed by atoms with Crippen molar-refractivity contribution >= 4 is 44.9 Å². The Kier molecular flexibility index (Phi) is 10.6. The highest BCUT2D eigenvalue weighted by Crippen LogP contribution is 2.53. The number of nitrogens with zero attached hydrogens (tertiary/aromatic N) is 2. The van der Waals surface area contributed by atoms with Crippen LogP contribution in [0.2, 0.25) is 0 Å². The summed E-state index contributed by atoms with van der Waals surface area (Å²) >= 11 is 0. The van der Waals surface area contributed by atoms with Gasteiger partial charge >= 0.3 is 0 Å². The summed E-state index contributed by atoms with van der Waals surface area (Å²) in [5.41, 5.74) is 21.3. The van der Waals surface area contributed by atoms with Crippen molar-refractivity contribution in [1.29, 1.82) is 0 Å².